The molecular formula is C24H21FN6O2. The van der Waals surface area contributed by atoms with Gasteiger partial charge in [-0.3, -0.25) is 4.79 Å². The van der Waals surface area contributed by atoms with Crippen LogP contribution in [-0.2, 0) is 0 Å². The topological polar surface area (TPSA) is 76.4 Å². The molecule has 0 saturated carbocycles. The van der Waals surface area contributed by atoms with Crippen LogP contribution in [0.3, 0.4) is 0 Å². The first-order valence-corrected chi connectivity index (χ1v) is 10.6. The van der Waals surface area contributed by atoms with Gasteiger partial charge in [-0.2, -0.15) is 5.10 Å². The van der Waals surface area contributed by atoms with Crippen molar-refractivity contribution in [1.29, 1.82) is 0 Å². The molecule has 33 heavy (non-hydrogen) atoms. The Morgan fingerprint density at radius 3 is 2.42 bits per heavy atom. The largest absolute Gasteiger partial charge is 0.457 e. The molecule has 9 heteroatoms. The minimum absolute atomic E-state index is 0.0564. The van der Waals surface area contributed by atoms with Gasteiger partial charge in [0, 0.05) is 50.2 Å². The van der Waals surface area contributed by atoms with Gasteiger partial charge in [0.15, 0.2) is 5.82 Å². The standard InChI is InChI=1S/C24H21FN6O2/c25-19-5-7-20(8-6-19)33-21-4-1-3-18(15-21)24(32)30-13-11-29(12-14-30)22-16-23(27-17-26-22)31-10-2-9-28-31/h1-10,15-17H,11-14H2. The molecule has 0 radical (unpaired) electrons. The van der Waals surface area contributed by atoms with Crippen LogP contribution in [0, 0.1) is 5.82 Å². The lowest BCUT2D eigenvalue weighted by atomic mass is 10.1. The van der Waals surface area contributed by atoms with E-state index in [1.54, 1.807) is 47.3 Å². The van der Waals surface area contributed by atoms with Crippen LogP contribution >= 0.6 is 0 Å². The summed E-state index contributed by atoms with van der Waals surface area (Å²) in [5.41, 5.74) is 0.547. The van der Waals surface area contributed by atoms with Crippen molar-refractivity contribution in [1.82, 2.24) is 24.6 Å². The minimum atomic E-state index is -0.329. The SMILES string of the molecule is O=C(c1cccc(Oc2ccc(F)cc2)c1)N1CCN(c2cc(-n3cccn3)ncn2)CC1. The average molecular weight is 444 g/mol. The summed E-state index contributed by atoms with van der Waals surface area (Å²) >= 11 is 0. The van der Waals surface area contributed by atoms with E-state index in [4.69, 9.17) is 4.74 Å². The second-order valence-corrected chi connectivity index (χ2v) is 7.55. The molecule has 1 saturated heterocycles. The molecule has 0 aliphatic carbocycles. The van der Waals surface area contributed by atoms with Gasteiger partial charge < -0.3 is 14.5 Å². The smallest absolute Gasteiger partial charge is 0.254 e. The monoisotopic (exact) mass is 444 g/mol. The van der Waals surface area contributed by atoms with E-state index in [1.165, 1.54) is 18.5 Å². The number of halogens is 1. The molecule has 3 heterocycles. The number of carbonyl (C=O) groups excluding carboxylic acids is 1. The Balaban J connectivity index is 1.23. The minimum Gasteiger partial charge on any atom is -0.457 e. The van der Waals surface area contributed by atoms with Crippen molar-refractivity contribution < 1.29 is 13.9 Å². The molecule has 8 nitrogen and oxygen atoms in total. The quantitative estimate of drug-likeness (QED) is 0.469. The first kappa shape index (κ1) is 20.6. The first-order chi connectivity index (χ1) is 16.2. The van der Waals surface area contributed by atoms with E-state index < -0.39 is 0 Å². The summed E-state index contributed by atoms with van der Waals surface area (Å²) in [6, 6.07) is 16.5. The molecule has 0 spiro atoms. The van der Waals surface area contributed by atoms with E-state index in [0.717, 1.165) is 5.82 Å². The highest BCUT2D eigenvalue weighted by Crippen LogP contribution is 2.24. The van der Waals surface area contributed by atoms with Crippen LogP contribution in [0.1, 0.15) is 10.4 Å². The van der Waals surface area contributed by atoms with Gasteiger partial charge in [-0.25, -0.2) is 19.0 Å². The predicted molar refractivity (Wildman–Crippen MR) is 120 cm³/mol. The van der Waals surface area contributed by atoms with Gasteiger partial charge in [0.05, 0.1) is 0 Å². The van der Waals surface area contributed by atoms with Crippen molar-refractivity contribution in [2.45, 2.75) is 0 Å². The van der Waals surface area contributed by atoms with Gasteiger partial charge in [-0.05, 0) is 48.5 Å². The van der Waals surface area contributed by atoms with Crippen molar-refractivity contribution in [2.75, 3.05) is 31.1 Å². The molecule has 2 aromatic heterocycles. The number of benzene rings is 2. The Hall–Kier alpha value is -4.27. The number of hydrogen-bond donors (Lipinski definition) is 0. The summed E-state index contributed by atoms with van der Waals surface area (Å²) in [5, 5.41) is 4.21. The van der Waals surface area contributed by atoms with Gasteiger partial charge >= 0.3 is 0 Å². The summed E-state index contributed by atoms with van der Waals surface area (Å²) in [6.07, 6.45) is 5.05. The van der Waals surface area contributed by atoms with Gasteiger partial charge in [-0.15, -0.1) is 0 Å². The summed E-state index contributed by atoms with van der Waals surface area (Å²) < 4.78 is 20.5. The Kier molecular flexibility index (Phi) is 5.67. The van der Waals surface area contributed by atoms with Crippen molar-refractivity contribution in [2.24, 2.45) is 0 Å². The first-order valence-electron chi connectivity index (χ1n) is 10.6. The van der Waals surface area contributed by atoms with Gasteiger partial charge in [0.2, 0.25) is 0 Å². The molecule has 1 aliphatic heterocycles. The maximum absolute atomic E-state index is 13.1. The summed E-state index contributed by atoms with van der Waals surface area (Å²) in [5.74, 6) is 2.15. The highest BCUT2D eigenvalue weighted by molar-refractivity contribution is 5.94. The fourth-order valence-electron chi connectivity index (χ4n) is 3.69. The molecule has 1 fully saturated rings. The van der Waals surface area contributed by atoms with E-state index in [-0.39, 0.29) is 11.7 Å². The number of hydrogen-bond acceptors (Lipinski definition) is 6. The number of amides is 1. The molecule has 1 amide bonds. The van der Waals surface area contributed by atoms with Crippen molar-refractivity contribution >= 4 is 11.7 Å². The van der Waals surface area contributed by atoms with Crippen molar-refractivity contribution in [3.63, 3.8) is 0 Å². The molecular weight excluding hydrogens is 423 g/mol. The zero-order valence-electron chi connectivity index (χ0n) is 17.7. The van der Waals surface area contributed by atoms with Crippen molar-refractivity contribution in [3.8, 4) is 17.3 Å². The molecule has 1 aliphatic rings. The Morgan fingerprint density at radius 1 is 0.879 bits per heavy atom. The molecule has 2 aromatic carbocycles. The highest BCUT2D eigenvalue weighted by Gasteiger charge is 2.23. The number of rotatable bonds is 5. The molecule has 0 N–H and O–H groups in total. The number of anilines is 1. The molecule has 0 bridgehead atoms. The van der Waals surface area contributed by atoms with Crippen LogP contribution in [-0.4, -0.2) is 56.7 Å². The average Bonchev–Trinajstić information content (AvgIpc) is 3.41. The van der Waals surface area contributed by atoms with Crippen LogP contribution in [0.4, 0.5) is 10.2 Å². The van der Waals surface area contributed by atoms with E-state index in [9.17, 15) is 9.18 Å². The number of aromatic nitrogens is 4. The number of carbonyl (C=O) groups is 1. The molecule has 5 rings (SSSR count). The van der Waals surface area contributed by atoms with Gasteiger partial charge in [-0.1, -0.05) is 6.07 Å². The zero-order chi connectivity index (χ0) is 22.6. The molecule has 4 aromatic rings. The number of nitrogens with zero attached hydrogens (tertiary/aromatic N) is 6. The van der Waals surface area contributed by atoms with E-state index in [1.807, 2.05) is 23.2 Å². The fraction of sp³-hybridized carbons (Fsp3) is 0.167. The third kappa shape index (κ3) is 4.67. The summed E-state index contributed by atoms with van der Waals surface area (Å²) in [7, 11) is 0. The summed E-state index contributed by atoms with van der Waals surface area (Å²) in [4.78, 5) is 25.7. The second kappa shape index (κ2) is 9.07. The van der Waals surface area contributed by atoms with Gasteiger partial charge in [0.1, 0.15) is 29.5 Å². The van der Waals surface area contributed by atoms with Crippen LogP contribution < -0.4 is 9.64 Å². The maximum Gasteiger partial charge on any atom is 0.254 e. The predicted octanol–water partition coefficient (Wildman–Crippen LogP) is 3.56. The number of ether oxygens (including phenoxy) is 1. The Labute approximate surface area is 189 Å². The maximum atomic E-state index is 13.1. The number of piperazine rings is 1. The van der Waals surface area contributed by atoms with E-state index in [0.29, 0.717) is 49.1 Å². The normalized spacial score (nSPS) is 13.7. The Bertz CT molecular complexity index is 1240. The van der Waals surface area contributed by atoms with Gasteiger partial charge in [0.25, 0.3) is 5.91 Å². The summed E-state index contributed by atoms with van der Waals surface area (Å²) in [6.45, 7) is 2.46. The molecule has 0 unspecified atom stereocenters. The van der Waals surface area contributed by atoms with Crippen molar-refractivity contribution in [3.05, 3.63) is 90.8 Å². The lowest BCUT2D eigenvalue weighted by molar-refractivity contribution is 0.0746. The lowest BCUT2D eigenvalue weighted by Gasteiger charge is -2.35. The Morgan fingerprint density at radius 2 is 1.67 bits per heavy atom. The highest BCUT2D eigenvalue weighted by atomic mass is 19.1. The van der Waals surface area contributed by atoms with Crippen LogP contribution in [0.5, 0.6) is 11.5 Å². The second-order valence-electron chi connectivity index (χ2n) is 7.55. The zero-order valence-corrected chi connectivity index (χ0v) is 17.7. The third-order valence-electron chi connectivity index (χ3n) is 5.40. The van der Waals surface area contributed by atoms with Crippen LogP contribution in [0.2, 0.25) is 0 Å². The van der Waals surface area contributed by atoms with Crippen LogP contribution in [0.25, 0.3) is 5.82 Å². The third-order valence-corrected chi connectivity index (χ3v) is 5.40. The van der Waals surface area contributed by atoms with Crippen LogP contribution in [0.15, 0.2) is 79.4 Å². The van der Waals surface area contributed by atoms with E-state index >= 15 is 0 Å². The molecule has 166 valence electrons. The molecule has 0 atom stereocenters. The fourth-order valence-corrected chi connectivity index (χ4v) is 3.69. The lowest BCUT2D eigenvalue weighted by Crippen LogP contribution is -2.49. The van der Waals surface area contributed by atoms with E-state index in [2.05, 4.69) is 20.0 Å².